The van der Waals surface area contributed by atoms with Crippen LogP contribution in [0.3, 0.4) is 0 Å². The number of unbranched alkanes of at least 4 members (excludes halogenated alkanes) is 23. The van der Waals surface area contributed by atoms with E-state index in [1.807, 2.05) is 0 Å². The molecular weight excluding hydrogens is 689 g/mol. The second kappa shape index (κ2) is 30.3. The zero-order chi connectivity index (χ0) is 33.0. The molecule has 3 nitrogen and oxygen atoms in total. The van der Waals surface area contributed by atoms with Gasteiger partial charge in [-0.25, -0.2) is 0 Å². The normalized spacial score (nSPS) is 13.6. The summed E-state index contributed by atoms with van der Waals surface area (Å²) in [5.41, 5.74) is 1.38. The van der Waals surface area contributed by atoms with Crippen LogP contribution in [0, 0.1) is 0 Å². The number of ether oxygens (including phenoxy) is 2. The highest BCUT2D eigenvalue weighted by Crippen LogP contribution is 2.33. The average molecular weight is 770 g/mol. The first-order chi connectivity index (χ1) is 22.6. The predicted molar refractivity (Wildman–Crippen MR) is 202 cm³/mol. The van der Waals surface area contributed by atoms with Crippen molar-refractivity contribution in [3.05, 3.63) is 23.8 Å². The van der Waals surface area contributed by atoms with Crippen LogP contribution in [0.2, 0.25) is 0 Å². The third kappa shape index (κ3) is 22.8. The molecule has 1 saturated carbocycles. The number of rotatable bonds is 32. The number of benzene rings is 1. The fourth-order valence-corrected chi connectivity index (χ4v) is 7.51. The molecule has 1 aromatic rings. The van der Waals surface area contributed by atoms with Crippen LogP contribution in [0.1, 0.15) is 206 Å². The number of hydrogen-bond donors (Lipinski definition) is 0. The summed E-state index contributed by atoms with van der Waals surface area (Å²) in [5.74, 6) is 1.93. The maximum atomic E-state index is 6.45. The summed E-state index contributed by atoms with van der Waals surface area (Å²) >= 11 is 0. The van der Waals surface area contributed by atoms with Crippen LogP contribution in [0.4, 0.5) is 0 Å². The Morgan fingerprint density at radius 3 is 1.28 bits per heavy atom. The lowest BCUT2D eigenvalue weighted by Crippen LogP contribution is -3.00. The molecule has 2 rings (SSSR count). The van der Waals surface area contributed by atoms with Gasteiger partial charge in [0.25, 0.3) is 0 Å². The van der Waals surface area contributed by atoms with Crippen molar-refractivity contribution in [2.24, 2.45) is 0 Å². The molecule has 1 fully saturated rings. The number of hydrogen-bond acceptors (Lipinski definition) is 2. The van der Waals surface area contributed by atoms with Gasteiger partial charge < -0.3 is 37.9 Å². The first kappa shape index (κ1) is 44.5. The van der Waals surface area contributed by atoms with Crippen molar-refractivity contribution in [2.45, 2.75) is 213 Å². The molecule has 0 heterocycles. The predicted octanol–water partition coefficient (Wildman–Crippen LogP) is 10.8. The molecule has 0 atom stereocenters. The van der Waals surface area contributed by atoms with E-state index in [0.29, 0.717) is 0 Å². The molecule has 0 bridgehead atoms. The summed E-state index contributed by atoms with van der Waals surface area (Å²) in [5, 5.41) is 0. The lowest BCUT2D eigenvalue weighted by Gasteiger charge is -2.36. The zero-order valence-corrected chi connectivity index (χ0v) is 34.2. The van der Waals surface area contributed by atoms with E-state index in [4.69, 9.17) is 9.47 Å². The van der Waals surface area contributed by atoms with E-state index in [2.05, 4.69) is 46.1 Å². The van der Waals surface area contributed by atoms with Gasteiger partial charge in [-0.1, -0.05) is 162 Å². The van der Waals surface area contributed by atoms with Crippen LogP contribution in [0.15, 0.2) is 18.2 Å². The minimum absolute atomic E-state index is 0. The monoisotopic (exact) mass is 770 g/mol. The van der Waals surface area contributed by atoms with Gasteiger partial charge in [-0.2, -0.15) is 0 Å². The van der Waals surface area contributed by atoms with E-state index >= 15 is 0 Å². The van der Waals surface area contributed by atoms with E-state index < -0.39 is 0 Å². The summed E-state index contributed by atoms with van der Waals surface area (Å²) in [7, 11) is 4.84. The minimum Gasteiger partial charge on any atom is -1.00 e. The molecule has 1 aromatic carbocycles. The lowest BCUT2D eigenvalue weighted by atomic mass is 10.0. The van der Waals surface area contributed by atoms with Crippen LogP contribution >= 0.6 is 0 Å². The van der Waals surface area contributed by atoms with Crippen molar-refractivity contribution in [3.63, 3.8) is 0 Å². The van der Waals surface area contributed by atoms with Gasteiger partial charge in [-0.15, -0.1) is 0 Å². The Kier molecular flexibility index (Phi) is 28.8. The zero-order valence-electron chi connectivity index (χ0n) is 32.1. The van der Waals surface area contributed by atoms with Crippen molar-refractivity contribution in [3.8, 4) is 11.5 Å². The van der Waals surface area contributed by atoms with Crippen molar-refractivity contribution in [2.75, 3.05) is 27.3 Å². The lowest BCUT2D eigenvalue weighted by molar-refractivity contribution is -0.927. The first-order valence-corrected chi connectivity index (χ1v) is 20.8. The van der Waals surface area contributed by atoms with Gasteiger partial charge in [0.1, 0.15) is 6.54 Å². The Morgan fingerprint density at radius 2 is 0.872 bits per heavy atom. The van der Waals surface area contributed by atoms with E-state index in [-0.39, 0.29) is 24.0 Å². The maximum absolute atomic E-state index is 6.45. The molecule has 1 aliphatic rings. The highest BCUT2D eigenvalue weighted by Gasteiger charge is 2.31. The van der Waals surface area contributed by atoms with Crippen LogP contribution < -0.4 is 33.5 Å². The van der Waals surface area contributed by atoms with Crippen molar-refractivity contribution >= 4 is 0 Å². The second-order valence-electron chi connectivity index (χ2n) is 15.5. The van der Waals surface area contributed by atoms with Gasteiger partial charge in [0.05, 0.1) is 33.4 Å². The van der Waals surface area contributed by atoms with E-state index in [9.17, 15) is 0 Å². The Labute approximate surface area is 311 Å². The number of quaternary nitrogens is 1. The fourth-order valence-electron chi connectivity index (χ4n) is 7.51. The Bertz CT molecular complexity index is 822. The van der Waals surface area contributed by atoms with Gasteiger partial charge >= 0.3 is 0 Å². The molecule has 47 heavy (non-hydrogen) atoms. The molecule has 0 radical (unpaired) electrons. The third-order valence-electron chi connectivity index (χ3n) is 10.7. The van der Waals surface area contributed by atoms with Gasteiger partial charge in [-0.05, 0) is 56.7 Å². The average Bonchev–Trinajstić information content (AvgIpc) is 3.61. The van der Waals surface area contributed by atoms with Crippen LogP contribution in [0.5, 0.6) is 11.5 Å². The number of halogens is 1. The van der Waals surface area contributed by atoms with Crippen LogP contribution in [0.25, 0.3) is 0 Å². The van der Waals surface area contributed by atoms with E-state index in [1.54, 1.807) is 0 Å². The van der Waals surface area contributed by atoms with Crippen LogP contribution in [-0.2, 0) is 6.54 Å². The fraction of sp³-hybridized carbons (Fsp3) is 0.860. The van der Waals surface area contributed by atoms with E-state index in [0.717, 1.165) is 54.6 Å². The van der Waals surface area contributed by atoms with Crippen molar-refractivity contribution < 1.29 is 37.9 Å². The van der Waals surface area contributed by atoms with Crippen molar-refractivity contribution in [1.82, 2.24) is 0 Å². The van der Waals surface area contributed by atoms with Crippen LogP contribution in [-0.4, -0.2) is 37.8 Å². The smallest absolute Gasteiger partial charge is 0.161 e. The molecule has 0 N–H and O–H groups in total. The number of nitrogens with zero attached hydrogens (tertiary/aromatic N) is 1. The molecule has 0 aromatic heterocycles. The molecule has 4 heteroatoms. The summed E-state index contributed by atoms with van der Waals surface area (Å²) in [6, 6.07) is 7.58. The largest absolute Gasteiger partial charge is 1.00 e. The Morgan fingerprint density at radius 1 is 0.511 bits per heavy atom. The maximum Gasteiger partial charge on any atom is 0.161 e. The highest BCUT2D eigenvalue weighted by atomic mass is 127. The SMILES string of the molecule is CCCCCCCCCCCCCCCOc1cc(C[N+](C)(C)C2CCCC2)ccc1OCCCCCCCCCCCCCC.[I-]. The second-order valence-corrected chi connectivity index (χ2v) is 15.5. The summed E-state index contributed by atoms with van der Waals surface area (Å²) in [6.07, 6.45) is 39.9. The first-order valence-electron chi connectivity index (χ1n) is 20.8. The molecule has 0 spiro atoms. The van der Waals surface area contributed by atoms with Gasteiger partial charge in [0, 0.05) is 5.56 Å². The van der Waals surface area contributed by atoms with Gasteiger partial charge in [0.15, 0.2) is 11.5 Å². The summed E-state index contributed by atoms with van der Waals surface area (Å²) in [4.78, 5) is 0. The molecule has 1 aliphatic carbocycles. The third-order valence-corrected chi connectivity index (χ3v) is 10.7. The topological polar surface area (TPSA) is 18.5 Å². The van der Waals surface area contributed by atoms with E-state index in [1.165, 1.54) is 179 Å². The summed E-state index contributed by atoms with van der Waals surface area (Å²) in [6.45, 7) is 7.27. The minimum atomic E-state index is 0. The van der Waals surface area contributed by atoms with Gasteiger partial charge in [-0.3, -0.25) is 0 Å². The molecule has 0 saturated heterocycles. The van der Waals surface area contributed by atoms with Gasteiger partial charge in [0.2, 0.25) is 0 Å². The quantitative estimate of drug-likeness (QED) is 0.0413. The summed E-state index contributed by atoms with van der Waals surface area (Å²) < 4.78 is 13.9. The Balaban J connectivity index is 0.0000110. The standard InChI is InChI=1S/C43H80NO2.HI/c1-5-7-9-11-13-15-17-19-21-23-25-27-31-37-46-43-38-40(39-44(3,4)41-32-28-29-33-41)34-35-42(43)45-36-30-26-24-22-20-18-16-14-12-10-8-6-2;/h34-35,38,41H,5-33,36-37,39H2,1-4H3;1H/q+1;/p-1. The molecular formula is C43H80INO2. The molecule has 0 aliphatic heterocycles. The molecule has 0 unspecified atom stereocenters. The highest BCUT2D eigenvalue weighted by molar-refractivity contribution is 5.43. The van der Waals surface area contributed by atoms with Crippen molar-refractivity contribution in [1.29, 1.82) is 0 Å². The Hall–Kier alpha value is -0.490. The molecule has 0 amide bonds. The molecule has 276 valence electrons.